The van der Waals surface area contributed by atoms with Crippen LogP contribution in [0.1, 0.15) is 0 Å². The van der Waals surface area contributed by atoms with Crippen molar-refractivity contribution in [2.45, 2.75) is 0 Å². The van der Waals surface area contributed by atoms with Crippen LogP contribution in [0.3, 0.4) is 0 Å². The van der Waals surface area contributed by atoms with E-state index in [0.29, 0.717) is 27.2 Å². The van der Waals surface area contributed by atoms with Crippen LogP contribution in [0.2, 0.25) is 5.02 Å². The second-order valence-corrected chi connectivity index (χ2v) is 5.83. The minimum atomic E-state index is -0.567. The summed E-state index contributed by atoms with van der Waals surface area (Å²) in [6.45, 7) is 0. The summed E-state index contributed by atoms with van der Waals surface area (Å²) >= 11 is 6.04. The first-order chi connectivity index (χ1) is 12.6. The number of fused-ring (bicyclic) bond motifs is 1. The average molecular weight is 364 g/mol. The van der Waals surface area contributed by atoms with Gasteiger partial charge in [0.25, 0.3) is 5.91 Å². The smallest absolute Gasteiger partial charge is 0.267 e. The van der Waals surface area contributed by atoms with E-state index in [1.165, 1.54) is 6.20 Å². The number of para-hydroxylation sites is 1. The Labute approximate surface area is 155 Å². The van der Waals surface area contributed by atoms with Crippen molar-refractivity contribution >= 4 is 39.7 Å². The zero-order chi connectivity index (χ0) is 18.5. The zero-order valence-electron chi connectivity index (χ0n) is 13.5. The molecule has 5 nitrogen and oxygen atoms in total. The maximum atomic E-state index is 12.4. The van der Waals surface area contributed by atoms with Crippen LogP contribution in [0.4, 0.5) is 11.4 Å². The number of carbonyl (C=O) groups excluding carboxylic acids is 1. The monoisotopic (exact) mass is 363 g/mol. The van der Waals surface area contributed by atoms with E-state index in [4.69, 9.17) is 11.6 Å². The highest BCUT2D eigenvalue weighted by molar-refractivity contribution is 6.33. The van der Waals surface area contributed by atoms with Gasteiger partial charge in [0.2, 0.25) is 0 Å². The molecule has 3 rings (SSSR count). The van der Waals surface area contributed by atoms with E-state index < -0.39 is 5.91 Å². The van der Waals surface area contributed by atoms with Gasteiger partial charge in [-0.15, -0.1) is 0 Å². The molecule has 0 aromatic heterocycles. The number of nitrogens with zero attached hydrogens (tertiary/aromatic N) is 1. The lowest BCUT2D eigenvalue weighted by Gasteiger charge is -2.09. The number of phenols is 1. The van der Waals surface area contributed by atoms with Gasteiger partial charge >= 0.3 is 0 Å². The highest BCUT2D eigenvalue weighted by atomic mass is 35.5. The fourth-order valence-electron chi connectivity index (χ4n) is 2.47. The third kappa shape index (κ3) is 3.61. The van der Waals surface area contributed by atoms with Crippen molar-refractivity contribution in [3.63, 3.8) is 0 Å². The predicted molar refractivity (Wildman–Crippen MR) is 103 cm³/mol. The summed E-state index contributed by atoms with van der Waals surface area (Å²) in [7, 11) is 0. The molecule has 0 spiro atoms. The van der Waals surface area contributed by atoms with Gasteiger partial charge in [-0.05, 0) is 24.3 Å². The lowest BCUT2D eigenvalue weighted by atomic mass is 10.1. The number of nitriles is 1. The lowest BCUT2D eigenvalue weighted by molar-refractivity contribution is -0.112. The largest absolute Gasteiger partial charge is 0.507 e. The summed E-state index contributed by atoms with van der Waals surface area (Å²) in [6, 6.07) is 19.1. The molecule has 0 atom stereocenters. The van der Waals surface area contributed by atoms with Gasteiger partial charge in [-0.2, -0.15) is 5.26 Å². The van der Waals surface area contributed by atoms with Crippen LogP contribution in [0.5, 0.6) is 5.75 Å². The summed E-state index contributed by atoms with van der Waals surface area (Å²) in [4.78, 5) is 12.4. The summed E-state index contributed by atoms with van der Waals surface area (Å²) in [5.74, 6) is -0.446. The van der Waals surface area contributed by atoms with E-state index in [1.54, 1.807) is 60.7 Å². The highest BCUT2D eigenvalue weighted by Crippen LogP contribution is 2.30. The Morgan fingerprint density at radius 1 is 1.00 bits per heavy atom. The van der Waals surface area contributed by atoms with Gasteiger partial charge in [-0.1, -0.05) is 48.0 Å². The molecule has 3 aromatic carbocycles. The second kappa shape index (κ2) is 7.60. The number of rotatable bonds is 4. The van der Waals surface area contributed by atoms with Gasteiger partial charge in [0, 0.05) is 22.7 Å². The molecule has 0 heterocycles. The Morgan fingerprint density at radius 3 is 2.46 bits per heavy atom. The topological polar surface area (TPSA) is 85.2 Å². The van der Waals surface area contributed by atoms with E-state index in [0.717, 1.165) is 0 Å². The summed E-state index contributed by atoms with van der Waals surface area (Å²) < 4.78 is 0. The number of hydrogen-bond donors (Lipinski definition) is 3. The number of hydrogen-bond acceptors (Lipinski definition) is 4. The molecule has 0 aliphatic carbocycles. The minimum Gasteiger partial charge on any atom is -0.507 e. The number of carbonyl (C=O) groups is 1. The van der Waals surface area contributed by atoms with Crippen molar-refractivity contribution in [3.8, 4) is 11.8 Å². The van der Waals surface area contributed by atoms with E-state index in [-0.39, 0.29) is 11.3 Å². The first kappa shape index (κ1) is 17.3. The van der Waals surface area contributed by atoms with Crippen molar-refractivity contribution in [3.05, 3.63) is 77.5 Å². The van der Waals surface area contributed by atoms with Crippen LogP contribution >= 0.6 is 11.6 Å². The van der Waals surface area contributed by atoms with E-state index in [9.17, 15) is 15.2 Å². The fraction of sp³-hybridized carbons (Fsp3) is 0. The lowest BCUT2D eigenvalue weighted by Crippen LogP contribution is -2.14. The standard InChI is InChI=1S/C20H14ClN3O2/c21-16-7-1-2-8-18(16)23-12-13(11-22)20(26)24-17-9-3-6-15-14(17)5-4-10-19(15)25/h1-10,12,23,25H,(H,24,26)/b13-12-. The van der Waals surface area contributed by atoms with Crippen molar-refractivity contribution in [1.29, 1.82) is 5.26 Å². The number of benzene rings is 3. The van der Waals surface area contributed by atoms with Crippen molar-refractivity contribution < 1.29 is 9.90 Å². The molecule has 0 aliphatic heterocycles. The molecule has 6 heteroatoms. The van der Waals surface area contributed by atoms with Crippen LogP contribution < -0.4 is 10.6 Å². The molecule has 0 unspecified atom stereocenters. The van der Waals surface area contributed by atoms with Crippen molar-refractivity contribution in [2.75, 3.05) is 10.6 Å². The first-order valence-electron chi connectivity index (χ1n) is 7.73. The number of anilines is 2. The normalized spacial score (nSPS) is 11.0. The van der Waals surface area contributed by atoms with Gasteiger partial charge in [0.05, 0.1) is 10.7 Å². The van der Waals surface area contributed by atoms with Gasteiger partial charge in [0.15, 0.2) is 0 Å². The fourth-order valence-corrected chi connectivity index (χ4v) is 2.66. The quantitative estimate of drug-likeness (QED) is 0.465. The number of halogens is 1. The molecule has 3 N–H and O–H groups in total. The molecule has 0 radical (unpaired) electrons. The molecular weight excluding hydrogens is 350 g/mol. The molecule has 26 heavy (non-hydrogen) atoms. The van der Waals surface area contributed by atoms with Crippen LogP contribution in [-0.2, 0) is 4.79 Å². The summed E-state index contributed by atoms with van der Waals surface area (Å²) in [5, 5.41) is 26.5. The Bertz CT molecular complexity index is 1050. The van der Waals surface area contributed by atoms with Crippen LogP contribution in [-0.4, -0.2) is 11.0 Å². The third-order valence-corrected chi connectivity index (χ3v) is 4.09. The molecule has 0 saturated heterocycles. The first-order valence-corrected chi connectivity index (χ1v) is 8.11. The maximum absolute atomic E-state index is 12.4. The molecular formula is C20H14ClN3O2. The Kier molecular flexibility index (Phi) is 5.07. The Balaban J connectivity index is 1.85. The molecule has 0 bridgehead atoms. The summed E-state index contributed by atoms with van der Waals surface area (Å²) in [5.41, 5.74) is 0.981. The predicted octanol–water partition coefficient (Wildman–Crippen LogP) is 4.66. The molecule has 128 valence electrons. The van der Waals surface area contributed by atoms with Gasteiger partial charge < -0.3 is 15.7 Å². The van der Waals surface area contributed by atoms with E-state index >= 15 is 0 Å². The Morgan fingerprint density at radius 2 is 1.69 bits per heavy atom. The van der Waals surface area contributed by atoms with Gasteiger partial charge in [-0.3, -0.25) is 4.79 Å². The highest BCUT2D eigenvalue weighted by Gasteiger charge is 2.12. The number of aromatic hydroxyl groups is 1. The van der Waals surface area contributed by atoms with E-state index in [1.807, 2.05) is 6.07 Å². The minimum absolute atomic E-state index is 0.109. The molecule has 0 fully saturated rings. The molecule has 0 aliphatic rings. The SMILES string of the molecule is N#C/C(=C/Nc1ccccc1Cl)C(=O)Nc1cccc2c(O)cccc12. The third-order valence-electron chi connectivity index (χ3n) is 3.76. The number of amides is 1. The van der Waals surface area contributed by atoms with Crippen molar-refractivity contribution in [2.24, 2.45) is 0 Å². The summed E-state index contributed by atoms with van der Waals surface area (Å²) in [6.07, 6.45) is 1.30. The number of phenolic OH excluding ortho intramolecular Hbond substituents is 1. The molecule has 1 amide bonds. The maximum Gasteiger partial charge on any atom is 0.267 e. The molecule has 0 saturated carbocycles. The zero-order valence-corrected chi connectivity index (χ0v) is 14.3. The van der Waals surface area contributed by atoms with Crippen molar-refractivity contribution in [1.82, 2.24) is 0 Å². The van der Waals surface area contributed by atoms with E-state index in [2.05, 4.69) is 10.6 Å². The van der Waals surface area contributed by atoms with Crippen LogP contribution in [0.15, 0.2) is 72.4 Å². The molecule has 3 aromatic rings. The van der Waals surface area contributed by atoms with Gasteiger partial charge in [-0.25, -0.2) is 0 Å². The second-order valence-electron chi connectivity index (χ2n) is 5.43. The van der Waals surface area contributed by atoms with Crippen LogP contribution in [0.25, 0.3) is 10.8 Å². The van der Waals surface area contributed by atoms with Gasteiger partial charge in [0.1, 0.15) is 17.4 Å². The number of nitrogens with one attached hydrogen (secondary N) is 2. The average Bonchev–Trinajstić information content (AvgIpc) is 2.64. The van der Waals surface area contributed by atoms with Crippen LogP contribution in [0, 0.1) is 11.3 Å². The Hall–Kier alpha value is -3.49.